The number of carbonyl (C=O) groups is 2. The number of hydrogen-bond acceptors (Lipinski definition) is 3. The van der Waals surface area contributed by atoms with Gasteiger partial charge in [0.15, 0.2) is 0 Å². The van der Waals surface area contributed by atoms with Gasteiger partial charge in [0.05, 0.1) is 5.69 Å². The topological polar surface area (TPSA) is 64.0 Å². The fourth-order valence-corrected chi connectivity index (χ4v) is 3.59. The van der Waals surface area contributed by atoms with E-state index in [2.05, 4.69) is 10.3 Å². The first-order valence-corrected chi connectivity index (χ1v) is 10.2. The summed E-state index contributed by atoms with van der Waals surface area (Å²) in [6.07, 6.45) is 3.09. The molecular formula is C24H17Cl2N3O2. The van der Waals surface area contributed by atoms with Crippen LogP contribution in [-0.4, -0.2) is 21.2 Å². The molecule has 2 aromatic carbocycles. The van der Waals surface area contributed by atoms with Gasteiger partial charge in [-0.3, -0.25) is 14.6 Å². The summed E-state index contributed by atoms with van der Waals surface area (Å²) in [6.45, 7) is 1.81. The summed E-state index contributed by atoms with van der Waals surface area (Å²) in [5, 5.41) is 3.83. The molecule has 0 aliphatic carbocycles. The minimum absolute atomic E-state index is 0.312. The maximum atomic E-state index is 13.0. The highest BCUT2D eigenvalue weighted by Gasteiger charge is 2.24. The van der Waals surface area contributed by atoms with Crippen LogP contribution in [-0.2, 0) is 4.79 Å². The first-order chi connectivity index (χ1) is 14.9. The molecule has 0 radical (unpaired) electrons. The average Bonchev–Trinajstić information content (AvgIpc) is 3.12. The van der Waals surface area contributed by atoms with Gasteiger partial charge >= 0.3 is 0 Å². The molecule has 1 amide bonds. The summed E-state index contributed by atoms with van der Waals surface area (Å²) in [7, 11) is 0. The highest BCUT2D eigenvalue weighted by molar-refractivity contribution is 6.47. The van der Waals surface area contributed by atoms with Gasteiger partial charge in [0.1, 0.15) is 0 Å². The van der Waals surface area contributed by atoms with Crippen molar-refractivity contribution >= 4 is 40.6 Å². The van der Waals surface area contributed by atoms with Gasteiger partial charge in [0.2, 0.25) is 0 Å². The number of rotatable bonds is 5. The van der Waals surface area contributed by atoms with Crippen molar-refractivity contribution in [1.82, 2.24) is 9.55 Å². The number of nitrogens with one attached hydrogen (secondary N) is 1. The number of hydrogen-bond donors (Lipinski definition) is 1. The summed E-state index contributed by atoms with van der Waals surface area (Å²) >= 11 is 12.1. The lowest BCUT2D eigenvalue weighted by Crippen LogP contribution is -2.23. The van der Waals surface area contributed by atoms with Crippen molar-refractivity contribution in [3.05, 3.63) is 100 Å². The monoisotopic (exact) mass is 449 g/mol. The number of Topliss-reactive ketones (excluding diaryl/α,β-unsaturated/α-hetero) is 1. The van der Waals surface area contributed by atoms with E-state index in [4.69, 9.17) is 23.2 Å². The van der Waals surface area contributed by atoms with Crippen molar-refractivity contribution in [3.8, 4) is 16.9 Å². The van der Waals surface area contributed by atoms with Crippen LogP contribution in [0.25, 0.3) is 16.9 Å². The normalized spacial score (nSPS) is 10.7. The molecule has 0 aliphatic rings. The number of nitrogens with zero attached hydrogens (tertiary/aromatic N) is 2. The van der Waals surface area contributed by atoms with E-state index < -0.39 is 11.7 Å². The van der Waals surface area contributed by atoms with E-state index in [0.717, 1.165) is 16.9 Å². The molecule has 2 heterocycles. The van der Waals surface area contributed by atoms with Crippen LogP contribution in [0.2, 0.25) is 10.0 Å². The van der Waals surface area contributed by atoms with Crippen LogP contribution >= 0.6 is 23.2 Å². The Bertz CT molecular complexity index is 1250. The van der Waals surface area contributed by atoms with Gasteiger partial charge in [-0.15, -0.1) is 0 Å². The highest BCUT2D eigenvalue weighted by atomic mass is 35.5. The lowest BCUT2D eigenvalue weighted by molar-refractivity contribution is -0.112. The van der Waals surface area contributed by atoms with Gasteiger partial charge < -0.3 is 9.88 Å². The Kier molecular flexibility index (Phi) is 5.89. The lowest BCUT2D eigenvalue weighted by Gasteiger charge is -2.12. The fourth-order valence-electron chi connectivity index (χ4n) is 3.34. The molecule has 154 valence electrons. The zero-order valence-electron chi connectivity index (χ0n) is 16.5. The standard InChI is InChI=1S/C24H17Cl2N3O2/c1-15-21(23(30)24(31)28-19-10-12-27-13-11-19)14-22(16-2-4-17(25)5-3-16)29(15)20-8-6-18(26)7-9-20/h2-14H,1H3,(H,27,28,31). The average molecular weight is 450 g/mol. The largest absolute Gasteiger partial charge is 0.319 e. The zero-order chi connectivity index (χ0) is 22.0. The number of aromatic nitrogens is 2. The Hall–Kier alpha value is -3.41. The van der Waals surface area contributed by atoms with Gasteiger partial charge in [-0.2, -0.15) is 0 Å². The third-order valence-electron chi connectivity index (χ3n) is 4.86. The Morgan fingerprint density at radius 3 is 2.06 bits per heavy atom. The Morgan fingerprint density at radius 1 is 0.871 bits per heavy atom. The summed E-state index contributed by atoms with van der Waals surface area (Å²) in [6, 6.07) is 19.5. The molecule has 0 atom stereocenters. The molecule has 0 bridgehead atoms. The van der Waals surface area contributed by atoms with E-state index >= 15 is 0 Å². The number of carbonyl (C=O) groups excluding carboxylic acids is 2. The van der Waals surface area contributed by atoms with Crippen LogP contribution in [0.3, 0.4) is 0 Å². The van der Waals surface area contributed by atoms with Crippen molar-refractivity contribution in [2.75, 3.05) is 5.32 Å². The molecule has 0 aliphatic heterocycles. The minimum Gasteiger partial charge on any atom is -0.319 e. The third kappa shape index (κ3) is 4.38. The van der Waals surface area contributed by atoms with Crippen molar-refractivity contribution < 1.29 is 9.59 Å². The first kappa shape index (κ1) is 20.8. The third-order valence-corrected chi connectivity index (χ3v) is 5.36. The van der Waals surface area contributed by atoms with Crippen LogP contribution in [0.15, 0.2) is 79.1 Å². The molecule has 0 saturated carbocycles. The molecule has 4 aromatic rings. The van der Waals surface area contributed by atoms with E-state index in [1.165, 1.54) is 0 Å². The number of anilines is 1. The van der Waals surface area contributed by atoms with Crippen LogP contribution in [0, 0.1) is 6.92 Å². The molecule has 0 saturated heterocycles. The summed E-state index contributed by atoms with van der Waals surface area (Å²) in [5.41, 5.74) is 3.89. The Balaban J connectivity index is 1.79. The highest BCUT2D eigenvalue weighted by Crippen LogP contribution is 2.31. The van der Waals surface area contributed by atoms with E-state index in [0.29, 0.717) is 27.0 Å². The number of pyridine rings is 1. The van der Waals surface area contributed by atoms with E-state index in [1.807, 2.05) is 28.8 Å². The van der Waals surface area contributed by atoms with Crippen molar-refractivity contribution in [2.24, 2.45) is 0 Å². The number of halogens is 2. The van der Waals surface area contributed by atoms with Crippen molar-refractivity contribution in [1.29, 1.82) is 0 Å². The Morgan fingerprint density at radius 2 is 1.45 bits per heavy atom. The molecule has 5 nitrogen and oxygen atoms in total. The number of benzene rings is 2. The van der Waals surface area contributed by atoms with Crippen LogP contribution in [0.4, 0.5) is 5.69 Å². The smallest absolute Gasteiger partial charge is 0.296 e. The van der Waals surface area contributed by atoms with Crippen LogP contribution in [0.1, 0.15) is 16.1 Å². The molecule has 7 heteroatoms. The second-order valence-electron chi connectivity index (χ2n) is 6.87. The fraction of sp³-hybridized carbons (Fsp3) is 0.0417. The molecule has 2 aromatic heterocycles. The van der Waals surface area contributed by atoms with Crippen LogP contribution < -0.4 is 5.32 Å². The molecule has 31 heavy (non-hydrogen) atoms. The second-order valence-corrected chi connectivity index (χ2v) is 7.74. The van der Waals surface area contributed by atoms with Gasteiger partial charge in [-0.1, -0.05) is 35.3 Å². The molecule has 4 rings (SSSR count). The summed E-state index contributed by atoms with van der Waals surface area (Å²) in [4.78, 5) is 29.6. The molecule has 0 spiro atoms. The summed E-state index contributed by atoms with van der Waals surface area (Å²) < 4.78 is 1.92. The SMILES string of the molecule is Cc1c(C(=O)C(=O)Nc2ccncc2)cc(-c2ccc(Cl)cc2)n1-c1ccc(Cl)cc1. The van der Waals surface area contributed by atoms with E-state index in [9.17, 15) is 9.59 Å². The van der Waals surface area contributed by atoms with Gasteiger partial charge in [-0.05, 0) is 67.1 Å². The first-order valence-electron chi connectivity index (χ1n) is 9.44. The minimum atomic E-state index is -0.717. The Labute approximate surface area is 189 Å². The maximum absolute atomic E-state index is 13.0. The van der Waals surface area contributed by atoms with Gasteiger partial charge in [-0.25, -0.2) is 0 Å². The lowest BCUT2D eigenvalue weighted by atomic mass is 10.1. The van der Waals surface area contributed by atoms with Crippen molar-refractivity contribution in [2.45, 2.75) is 6.92 Å². The van der Waals surface area contributed by atoms with Crippen LogP contribution in [0.5, 0.6) is 0 Å². The van der Waals surface area contributed by atoms with E-state index in [-0.39, 0.29) is 0 Å². The number of amides is 1. The van der Waals surface area contributed by atoms with E-state index in [1.54, 1.807) is 61.8 Å². The van der Waals surface area contributed by atoms with Gasteiger partial charge in [0, 0.05) is 45.1 Å². The second kappa shape index (κ2) is 8.76. The predicted molar refractivity (Wildman–Crippen MR) is 123 cm³/mol. The maximum Gasteiger partial charge on any atom is 0.296 e. The molecule has 0 fully saturated rings. The molecule has 1 N–H and O–H groups in total. The summed E-state index contributed by atoms with van der Waals surface area (Å²) in [5.74, 6) is -1.34. The van der Waals surface area contributed by atoms with Gasteiger partial charge in [0.25, 0.3) is 11.7 Å². The zero-order valence-corrected chi connectivity index (χ0v) is 18.0. The number of ketones is 1. The van der Waals surface area contributed by atoms with Crippen molar-refractivity contribution in [3.63, 3.8) is 0 Å². The predicted octanol–water partition coefficient (Wildman–Crippen LogP) is 5.98. The molecular weight excluding hydrogens is 433 g/mol. The molecule has 0 unspecified atom stereocenters. The quantitative estimate of drug-likeness (QED) is 0.301.